The number of aromatic nitrogens is 1. The minimum absolute atomic E-state index is 0.00946. The lowest BCUT2D eigenvalue weighted by atomic mass is 10.2. The Labute approximate surface area is 168 Å². The van der Waals surface area contributed by atoms with Gasteiger partial charge in [-0.15, -0.1) is 0 Å². The van der Waals surface area contributed by atoms with Gasteiger partial charge in [-0.3, -0.25) is 9.36 Å². The molecule has 3 aromatic rings. The highest BCUT2D eigenvalue weighted by molar-refractivity contribution is 5.95. The number of nitrogens with zero attached hydrogens (tertiary/aromatic N) is 2. The maximum absolute atomic E-state index is 13.8. The van der Waals surface area contributed by atoms with Crippen LogP contribution in [0.3, 0.4) is 0 Å². The second kappa shape index (κ2) is 8.48. The van der Waals surface area contributed by atoms with Crippen LogP contribution in [-0.2, 0) is 4.79 Å². The third kappa shape index (κ3) is 4.22. The van der Waals surface area contributed by atoms with E-state index in [4.69, 9.17) is 4.74 Å². The highest BCUT2D eigenvalue weighted by Crippen LogP contribution is 2.30. The second-order valence-corrected chi connectivity index (χ2v) is 6.49. The van der Waals surface area contributed by atoms with Crippen LogP contribution in [-0.4, -0.2) is 24.1 Å². The quantitative estimate of drug-likeness (QED) is 0.660. The van der Waals surface area contributed by atoms with Crippen LogP contribution in [0.4, 0.5) is 15.9 Å². The first-order chi connectivity index (χ1) is 13.9. The van der Waals surface area contributed by atoms with Crippen LogP contribution >= 0.6 is 0 Å². The zero-order valence-electron chi connectivity index (χ0n) is 16.4. The molecule has 1 amide bonds. The van der Waals surface area contributed by atoms with Crippen LogP contribution < -0.4 is 15.4 Å². The van der Waals surface area contributed by atoms with Crippen molar-refractivity contribution in [3.8, 4) is 17.5 Å². The number of amides is 1. The van der Waals surface area contributed by atoms with Crippen molar-refractivity contribution < 1.29 is 13.9 Å². The molecule has 0 saturated heterocycles. The number of hydrogen-bond donors (Lipinski definition) is 2. The number of nitrogens with one attached hydrogen (secondary N) is 2. The van der Waals surface area contributed by atoms with Gasteiger partial charge >= 0.3 is 0 Å². The molecule has 0 atom stereocenters. The number of carbonyl (C=O) groups is 1. The molecule has 2 N–H and O–H groups in total. The summed E-state index contributed by atoms with van der Waals surface area (Å²) in [6.45, 7) is 3.61. The summed E-state index contributed by atoms with van der Waals surface area (Å²) < 4.78 is 20.6. The largest absolute Gasteiger partial charge is 0.497 e. The van der Waals surface area contributed by atoms with Crippen molar-refractivity contribution in [3.63, 3.8) is 0 Å². The Balaban J connectivity index is 1.87. The van der Waals surface area contributed by atoms with Crippen molar-refractivity contribution in [2.45, 2.75) is 13.8 Å². The van der Waals surface area contributed by atoms with Crippen molar-refractivity contribution in [1.82, 2.24) is 4.57 Å². The van der Waals surface area contributed by atoms with E-state index in [0.29, 0.717) is 22.8 Å². The minimum atomic E-state index is -0.399. The molecule has 0 bridgehead atoms. The summed E-state index contributed by atoms with van der Waals surface area (Å²) in [5.41, 5.74) is 3.09. The predicted molar refractivity (Wildman–Crippen MR) is 110 cm³/mol. The van der Waals surface area contributed by atoms with Crippen LogP contribution in [0.5, 0.6) is 5.75 Å². The molecule has 29 heavy (non-hydrogen) atoms. The second-order valence-electron chi connectivity index (χ2n) is 6.49. The van der Waals surface area contributed by atoms with Gasteiger partial charge in [-0.1, -0.05) is 12.1 Å². The molecule has 6 nitrogen and oxygen atoms in total. The molecule has 0 unspecified atom stereocenters. The number of anilines is 2. The summed E-state index contributed by atoms with van der Waals surface area (Å²) in [6.07, 6.45) is 0. The Morgan fingerprint density at radius 2 is 1.97 bits per heavy atom. The van der Waals surface area contributed by atoms with Crippen LogP contribution in [0.2, 0.25) is 0 Å². The first kappa shape index (κ1) is 20.0. The Hall–Kier alpha value is -3.79. The molecule has 1 aromatic heterocycles. The molecule has 0 aliphatic carbocycles. The summed E-state index contributed by atoms with van der Waals surface area (Å²) in [6, 6.07) is 15.4. The van der Waals surface area contributed by atoms with E-state index in [-0.39, 0.29) is 12.5 Å². The van der Waals surface area contributed by atoms with Gasteiger partial charge in [-0.05, 0) is 49.7 Å². The molecule has 0 radical (unpaired) electrons. The molecule has 0 saturated carbocycles. The highest BCUT2D eigenvalue weighted by Gasteiger charge is 2.20. The number of methoxy groups -OCH3 is 1. The van der Waals surface area contributed by atoms with E-state index in [9.17, 15) is 14.4 Å². The van der Waals surface area contributed by atoms with Crippen LogP contribution in [0.1, 0.15) is 16.8 Å². The van der Waals surface area contributed by atoms with E-state index in [1.165, 1.54) is 12.1 Å². The fraction of sp³-hybridized carbons (Fsp3) is 0.182. The number of ether oxygens (including phenoxy) is 1. The molecule has 0 spiro atoms. The van der Waals surface area contributed by atoms with E-state index < -0.39 is 5.82 Å². The first-order valence-corrected chi connectivity index (χ1v) is 9.00. The maximum Gasteiger partial charge on any atom is 0.244 e. The van der Waals surface area contributed by atoms with Crippen molar-refractivity contribution in [2.75, 3.05) is 24.3 Å². The van der Waals surface area contributed by atoms with Gasteiger partial charge in [0.15, 0.2) is 0 Å². The van der Waals surface area contributed by atoms with Crippen molar-refractivity contribution in [3.05, 3.63) is 71.2 Å². The number of rotatable bonds is 6. The Kier molecular flexibility index (Phi) is 5.84. The minimum Gasteiger partial charge on any atom is -0.497 e. The summed E-state index contributed by atoms with van der Waals surface area (Å²) >= 11 is 0. The Morgan fingerprint density at radius 1 is 1.21 bits per heavy atom. The molecule has 0 aliphatic rings. The molecule has 1 heterocycles. The number of hydrogen-bond acceptors (Lipinski definition) is 4. The number of nitriles is 1. The molecule has 0 fully saturated rings. The number of benzene rings is 2. The van der Waals surface area contributed by atoms with Gasteiger partial charge in [-0.2, -0.15) is 5.26 Å². The lowest BCUT2D eigenvalue weighted by molar-refractivity contribution is -0.114. The SMILES string of the molecule is COc1cccc(NCC(=O)Nc2c(C#N)c(C)c(C)n2-c2cccc(F)c2)c1. The smallest absolute Gasteiger partial charge is 0.244 e. The Morgan fingerprint density at radius 3 is 2.66 bits per heavy atom. The molecule has 2 aromatic carbocycles. The zero-order valence-corrected chi connectivity index (χ0v) is 16.4. The van der Waals surface area contributed by atoms with Gasteiger partial charge in [0.25, 0.3) is 0 Å². The van der Waals surface area contributed by atoms with E-state index in [1.54, 1.807) is 36.8 Å². The van der Waals surface area contributed by atoms with Crippen molar-refractivity contribution >= 4 is 17.4 Å². The van der Waals surface area contributed by atoms with Gasteiger partial charge in [0.2, 0.25) is 5.91 Å². The number of carbonyl (C=O) groups excluding carboxylic acids is 1. The summed E-state index contributed by atoms with van der Waals surface area (Å²) in [5, 5.41) is 15.4. The van der Waals surface area contributed by atoms with Crippen LogP contribution in [0.15, 0.2) is 48.5 Å². The van der Waals surface area contributed by atoms with E-state index in [2.05, 4.69) is 16.7 Å². The topological polar surface area (TPSA) is 79.1 Å². The predicted octanol–water partition coefficient (Wildman–Crippen LogP) is 4.16. The molecular weight excluding hydrogens is 371 g/mol. The lowest BCUT2D eigenvalue weighted by Gasteiger charge is -2.14. The maximum atomic E-state index is 13.8. The molecule has 7 heteroatoms. The van der Waals surface area contributed by atoms with Crippen LogP contribution in [0.25, 0.3) is 5.69 Å². The van der Waals surface area contributed by atoms with Gasteiger partial charge in [-0.25, -0.2) is 4.39 Å². The van der Waals surface area contributed by atoms with Gasteiger partial charge in [0.1, 0.15) is 23.5 Å². The summed E-state index contributed by atoms with van der Waals surface area (Å²) in [4.78, 5) is 12.6. The number of halogens is 1. The lowest BCUT2D eigenvalue weighted by Crippen LogP contribution is -2.23. The molecular formula is C22H21FN4O2. The average Bonchev–Trinajstić information content (AvgIpc) is 2.95. The highest BCUT2D eigenvalue weighted by atomic mass is 19.1. The van der Waals surface area contributed by atoms with Gasteiger partial charge in [0, 0.05) is 17.4 Å². The third-order valence-corrected chi connectivity index (χ3v) is 4.67. The molecule has 0 aliphatic heterocycles. The standard InChI is InChI=1S/C22H21FN4O2/c1-14-15(2)27(18-8-4-6-16(23)10-18)22(20(14)12-24)26-21(28)13-25-17-7-5-9-19(11-17)29-3/h4-11,25H,13H2,1-3H3,(H,26,28). The summed E-state index contributed by atoms with van der Waals surface area (Å²) in [5.74, 6) is 0.266. The fourth-order valence-electron chi connectivity index (χ4n) is 3.09. The van der Waals surface area contributed by atoms with E-state index in [1.807, 2.05) is 25.1 Å². The fourth-order valence-corrected chi connectivity index (χ4v) is 3.09. The monoisotopic (exact) mass is 392 g/mol. The van der Waals surface area contributed by atoms with E-state index >= 15 is 0 Å². The Bertz CT molecular complexity index is 1100. The van der Waals surface area contributed by atoms with Gasteiger partial charge in [0.05, 0.1) is 24.9 Å². The average molecular weight is 392 g/mol. The van der Waals surface area contributed by atoms with E-state index in [0.717, 1.165) is 16.9 Å². The normalized spacial score (nSPS) is 10.3. The molecule has 148 valence electrons. The van der Waals surface area contributed by atoms with Crippen LogP contribution in [0, 0.1) is 31.0 Å². The third-order valence-electron chi connectivity index (χ3n) is 4.67. The van der Waals surface area contributed by atoms with Crippen molar-refractivity contribution in [2.24, 2.45) is 0 Å². The van der Waals surface area contributed by atoms with Gasteiger partial charge < -0.3 is 15.4 Å². The van der Waals surface area contributed by atoms with Crippen molar-refractivity contribution in [1.29, 1.82) is 5.26 Å². The zero-order chi connectivity index (χ0) is 21.0. The first-order valence-electron chi connectivity index (χ1n) is 9.00. The molecule has 3 rings (SSSR count). The summed E-state index contributed by atoms with van der Waals surface area (Å²) in [7, 11) is 1.57.